The Labute approximate surface area is 153 Å². The number of anilines is 1. The van der Waals surface area contributed by atoms with Gasteiger partial charge in [0.1, 0.15) is 5.76 Å². The number of halogens is 3. The molecule has 0 spiro atoms. The Hall–Kier alpha value is -3.01. The fourth-order valence-electron chi connectivity index (χ4n) is 2.49. The molecule has 1 aliphatic rings. The molecule has 0 bridgehead atoms. The quantitative estimate of drug-likeness (QED) is 0.761. The molecule has 0 saturated heterocycles. The summed E-state index contributed by atoms with van der Waals surface area (Å²) in [7, 11) is 3.51. The molecule has 144 valence electrons. The molecule has 1 aromatic carbocycles. The molecule has 4 N–H and O–H groups in total. The maximum absolute atomic E-state index is 12.9. The average Bonchev–Trinajstić information content (AvgIpc) is 3.06. The molecule has 0 radical (unpaired) electrons. The SMILES string of the molecule is CN(C)C1=NC(N)(Cc2ccco2)N=C(Nc2cccc(C(F)(F)F)c2)N1. The number of nitrogens with zero attached hydrogens (tertiary/aromatic N) is 3. The lowest BCUT2D eigenvalue weighted by molar-refractivity contribution is -0.137. The van der Waals surface area contributed by atoms with E-state index in [1.165, 1.54) is 18.4 Å². The van der Waals surface area contributed by atoms with E-state index in [4.69, 9.17) is 10.2 Å². The normalized spacial score (nSPS) is 19.8. The van der Waals surface area contributed by atoms with Gasteiger partial charge < -0.3 is 14.6 Å². The summed E-state index contributed by atoms with van der Waals surface area (Å²) in [6.45, 7) is 0. The molecule has 0 amide bonds. The first-order valence-corrected chi connectivity index (χ1v) is 8.04. The van der Waals surface area contributed by atoms with Crippen LogP contribution in [0.4, 0.5) is 18.9 Å². The van der Waals surface area contributed by atoms with Crippen molar-refractivity contribution >= 4 is 17.6 Å². The number of benzene rings is 1. The number of furan rings is 1. The molecular formula is C17H19F3N6O. The van der Waals surface area contributed by atoms with E-state index in [-0.39, 0.29) is 18.1 Å². The molecule has 1 aliphatic heterocycles. The van der Waals surface area contributed by atoms with Crippen LogP contribution in [0.25, 0.3) is 0 Å². The van der Waals surface area contributed by atoms with E-state index in [1.54, 1.807) is 31.1 Å². The van der Waals surface area contributed by atoms with Gasteiger partial charge in [-0.15, -0.1) is 0 Å². The predicted octanol–water partition coefficient (Wildman–Crippen LogP) is 2.44. The van der Waals surface area contributed by atoms with Crippen LogP contribution in [0, 0.1) is 0 Å². The second-order valence-electron chi connectivity index (χ2n) is 6.25. The molecule has 27 heavy (non-hydrogen) atoms. The minimum atomic E-state index is -4.44. The van der Waals surface area contributed by atoms with Gasteiger partial charge in [-0.2, -0.15) is 13.2 Å². The topological polar surface area (TPSA) is 91.2 Å². The highest BCUT2D eigenvalue weighted by molar-refractivity contribution is 6.06. The summed E-state index contributed by atoms with van der Waals surface area (Å²) in [4.78, 5) is 10.4. The predicted molar refractivity (Wildman–Crippen MR) is 96.1 cm³/mol. The van der Waals surface area contributed by atoms with Gasteiger partial charge in [-0.3, -0.25) is 11.1 Å². The van der Waals surface area contributed by atoms with Crippen LogP contribution in [0.15, 0.2) is 57.1 Å². The van der Waals surface area contributed by atoms with Crippen LogP contribution in [0.3, 0.4) is 0 Å². The Morgan fingerprint density at radius 3 is 2.63 bits per heavy atom. The van der Waals surface area contributed by atoms with Crippen molar-refractivity contribution in [2.24, 2.45) is 15.7 Å². The van der Waals surface area contributed by atoms with Crippen molar-refractivity contribution in [3.8, 4) is 0 Å². The molecule has 0 fully saturated rings. The summed E-state index contributed by atoms with van der Waals surface area (Å²) in [5.74, 6) is -0.189. The number of hydrogen-bond acceptors (Lipinski definition) is 7. The Balaban J connectivity index is 1.88. The maximum Gasteiger partial charge on any atom is 0.416 e. The largest absolute Gasteiger partial charge is 0.469 e. The Kier molecular flexibility index (Phi) is 4.83. The van der Waals surface area contributed by atoms with Gasteiger partial charge in [0.25, 0.3) is 0 Å². The van der Waals surface area contributed by atoms with Crippen molar-refractivity contribution in [1.82, 2.24) is 10.2 Å². The van der Waals surface area contributed by atoms with Crippen LogP contribution < -0.4 is 16.4 Å². The van der Waals surface area contributed by atoms with Gasteiger partial charge in [0.2, 0.25) is 17.7 Å². The number of aliphatic imine (C=N–C) groups is 2. The van der Waals surface area contributed by atoms with Gasteiger partial charge in [-0.1, -0.05) is 6.07 Å². The minimum Gasteiger partial charge on any atom is -0.469 e. The third-order valence-corrected chi connectivity index (χ3v) is 3.73. The van der Waals surface area contributed by atoms with Gasteiger partial charge >= 0.3 is 6.18 Å². The van der Waals surface area contributed by atoms with Crippen LogP contribution in [-0.2, 0) is 12.6 Å². The molecule has 2 aromatic rings. The third kappa shape index (κ3) is 4.59. The second kappa shape index (κ2) is 6.95. The summed E-state index contributed by atoms with van der Waals surface area (Å²) >= 11 is 0. The maximum atomic E-state index is 12.9. The number of rotatable bonds is 3. The molecule has 1 atom stereocenters. The molecule has 0 saturated carbocycles. The fraction of sp³-hybridized carbons (Fsp3) is 0.294. The zero-order valence-corrected chi connectivity index (χ0v) is 14.7. The Morgan fingerprint density at radius 2 is 2.00 bits per heavy atom. The minimum absolute atomic E-state index is 0.182. The smallest absolute Gasteiger partial charge is 0.416 e. The van der Waals surface area contributed by atoms with Crippen LogP contribution >= 0.6 is 0 Å². The van der Waals surface area contributed by atoms with E-state index in [9.17, 15) is 13.2 Å². The molecule has 1 aromatic heterocycles. The van der Waals surface area contributed by atoms with Crippen molar-refractivity contribution in [2.75, 3.05) is 19.4 Å². The van der Waals surface area contributed by atoms with Crippen LogP contribution in [0.1, 0.15) is 11.3 Å². The summed E-state index contributed by atoms with van der Waals surface area (Å²) in [6, 6.07) is 8.28. The average molecular weight is 380 g/mol. The summed E-state index contributed by atoms with van der Waals surface area (Å²) in [6.07, 6.45) is -2.73. The lowest BCUT2D eigenvalue weighted by atomic mass is 10.2. The number of nitrogens with two attached hydrogens (primary N) is 1. The Morgan fingerprint density at radius 1 is 1.22 bits per heavy atom. The van der Waals surface area contributed by atoms with E-state index in [0.717, 1.165) is 12.1 Å². The highest BCUT2D eigenvalue weighted by atomic mass is 19.4. The number of hydrogen-bond donors (Lipinski definition) is 3. The zero-order valence-electron chi connectivity index (χ0n) is 14.7. The molecule has 1 unspecified atom stereocenters. The van der Waals surface area contributed by atoms with Gasteiger partial charge in [0.15, 0.2) is 0 Å². The van der Waals surface area contributed by atoms with Gasteiger partial charge in [0.05, 0.1) is 18.2 Å². The molecule has 0 aliphatic carbocycles. The van der Waals surface area contributed by atoms with Crippen molar-refractivity contribution in [3.05, 3.63) is 54.0 Å². The molecular weight excluding hydrogens is 361 g/mol. The summed E-state index contributed by atoms with van der Waals surface area (Å²) in [5.41, 5.74) is 5.76. The second-order valence-corrected chi connectivity index (χ2v) is 6.25. The number of alkyl halides is 3. The first-order chi connectivity index (χ1) is 12.6. The molecule has 10 heteroatoms. The summed E-state index contributed by atoms with van der Waals surface area (Å²) < 4.78 is 44.1. The standard InChI is InChI=1S/C17H19F3N6O/c1-26(2)15-23-14(22-12-6-3-5-11(9-12)17(18,19)20)24-16(21,25-15)10-13-7-4-8-27-13/h3-9H,10,21H2,1-2H3,(H2,22,23,24,25). The molecule has 3 rings (SSSR count). The third-order valence-electron chi connectivity index (χ3n) is 3.73. The first-order valence-electron chi connectivity index (χ1n) is 8.04. The van der Waals surface area contributed by atoms with Crippen molar-refractivity contribution < 1.29 is 17.6 Å². The highest BCUT2D eigenvalue weighted by Crippen LogP contribution is 2.30. The summed E-state index contributed by atoms with van der Waals surface area (Å²) in [5, 5.41) is 5.75. The van der Waals surface area contributed by atoms with E-state index < -0.39 is 17.5 Å². The van der Waals surface area contributed by atoms with Crippen LogP contribution in [0.5, 0.6) is 0 Å². The highest BCUT2D eigenvalue weighted by Gasteiger charge is 2.32. The van der Waals surface area contributed by atoms with Crippen LogP contribution in [0.2, 0.25) is 0 Å². The van der Waals surface area contributed by atoms with Gasteiger partial charge in [-0.05, 0) is 30.3 Å². The van der Waals surface area contributed by atoms with Gasteiger partial charge in [-0.25, -0.2) is 9.98 Å². The molecule has 7 nitrogen and oxygen atoms in total. The zero-order chi connectivity index (χ0) is 19.7. The molecule has 2 heterocycles. The van der Waals surface area contributed by atoms with E-state index >= 15 is 0 Å². The number of guanidine groups is 2. The van der Waals surface area contributed by atoms with Crippen LogP contribution in [-0.4, -0.2) is 36.7 Å². The van der Waals surface area contributed by atoms with E-state index in [0.29, 0.717) is 11.7 Å². The Bertz CT molecular complexity index is 860. The monoisotopic (exact) mass is 380 g/mol. The van der Waals surface area contributed by atoms with E-state index in [1.807, 2.05) is 0 Å². The lowest BCUT2D eigenvalue weighted by Gasteiger charge is -2.30. The van der Waals surface area contributed by atoms with Crippen molar-refractivity contribution in [1.29, 1.82) is 0 Å². The van der Waals surface area contributed by atoms with Crippen molar-refractivity contribution in [2.45, 2.75) is 18.4 Å². The number of nitrogens with one attached hydrogen (secondary N) is 2. The first kappa shape index (κ1) is 18.8. The fourth-order valence-corrected chi connectivity index (χ4v) is 2.49. The van der Waals surface area contributed by atoms with Gasteiger partial charge in [0, 0.05) is 19.8 Å². The van der Waals surface area contributed by atoms with Crippen molar-refractivity contribution in [3.63, 3.8) is 0 Å². The van der Waals surface area contributed by atoms with E-state index in [2.05, 4.69) is 20.6 Å². The lowest BCUT2D eigenvalue weighted by Crippen LogP contribution is -2.54.